The van der Waals surface area contributed by atoms with E-state index >= 15 is 0 Å². The van der Waals surface area contributed by atoms with E-state index in [1.807, 2.05) is 24.3 Å². The molecule has 186 valence electrons. The van der Waals surface area contributed by atoms with Crippen molar-refractivity contribution in [3.05, 3.63) is 71.6 Å². The lowest BCUT2D eigenvalue weighted by molar-refractivity contribution is -0.192. The van der Waals surface area contributed by atoms with Gasteiger partial charge in [-0.1, -0.05) is 18.2 Å². The second-order valence-electron chi connectivity index (χ2n) is 7.50. The molecule has 2 aromatic rings. The molecule has 0 aliphatic carbocycles. The van der Waals surface area contributed by atoms with E-state index in [1.54, 1.807) is 30.5 Å². The lowest BCUT2D eigenvalue weighted by Crippen LogP contribution is -2.44. The SMILES string of the molecule is CN1CCN(c2ccccc2C(=O)/C=C/c2ccc(/C=C/C(=O)O)nc2)CC1.O=C(O)C(F)(F)F. The van der Waals surface area contributed by atoms with E-state index in [-0.39, 0.29) is 5.78 Å². The zero-order valence-electron chi connectivity index (χ0n) is 18.8. The minimum absolute atomic E-state index is 0.0515. The second-order valence-corrected chi connectivity index (χ2v) is 7.50. The normalized spacial score (nSPS) is 14.6. The van der Waals surface area contributed by atoms with E-state index in [2.05, 4.69) is 21.8 Å². The number of aromatic nitrogens is 1. The van der Waals surface area contributed by atoms with Gasteiger partial charge < -0.3 is 20.0 Å². The van der Waals surface area contributed by atoms with Gasteiger partial charge in [-0.25, -0.2) is 9.59 Å². The van der Waals surface area contributed by atoms with Crippen molar-refractivity contribution in [2.24, 2.45) is 0 Å². The summed E-state index contributed by atoms with van der Waals surface area (Å²) in [7, 11) is 2.11. The summed E-state index contributed by atoms with van der Waals surface area (Å²) in [6, 6.07) is 11.2. The Hall–Kier alpha value is -3.99. The van der Waals surface area contributed by atoms with E-state index < -0.39 is 18.1 Å². The van der Waals surface area contributed by atoms with Crippen LogP contribution in [0.15, 0.2) is 54.7 Å². The van der Waals surface area contributed by atoms with Crippen LogP contribution in [0.25, 0.3) is 12.2 Å². The first-order valence-corrected chi connectivity index (χ1v) is 10.4. The number of anilines is 1. The molecule has 0 bridgehead atoms. The Kier molecular flexibility index (Phi) is 9.71. The molecule has 1 aliphatic rings. The summed E-state index contributed by atoms with van der Waals surface area (Å²) < 4.78 is 31.7. The molecule has 1 saturated heterocycles. The summed E-state index contributed by atoms with van der Waals surface area (Å²) in [4.78, 5) is 40.9. The Balaban J connectivity index is 0.000000540. The smallest absolute Gasteiger partial charge is 0.478 e. The van der Waals surface area contributed by atoms with Crippen molar-refractivity contribution < 1.29 is 37.8 Å². The number of pyridine rings is 1. The predicted molar refractivity (Wildman–Crippen MR) is 124 cm³/mol. The first-order valence-electron chi connectivity index (χ1n) is 10.4. The van der Waals surface area contributed by atoms with Crippen LogP contribution in [0, 0.1) is 0 Å². The number of carboxylic acid groups (broad SMARTS) is 2. The Morgan fingerprint density at radius 1 is 0.943 bits per heavy atom. The second kappa shape index (κ2) is 12.5. The summed E-state index contributed by atoms with van der Waals surface area (Å²) in [5.41, 5.74) is 2.99. The van der Waals surface area contributed by atoms with E-state index in [4.69, 9.17) is 15.0 Å². The molecule has 1 aliphatic heterocycles. The van der Waals surface area contributed by atoms with Gasteiger partial charge in [0.2, 0.25) is 0 Å². The van der Waals surface area contributed by atoms with Gasteiger partial charge in [0.1, 0.15) is 0 Å². The number of hydrogen-bond donors (Lipinski definition) is 2. The molecule has 1 aromatic carbocycles. The van der Waals surface area contributed by atoms with Gasteiger partial charge in [0, 0.05) is 49.7 Å². The van der Waals surface area contributed by atoms with Crippen molar-refractivity contribution in [2.45, 2.75) is 6.18 Å². The van der Waals surface area contributed by atoms with Crippen LogP contribution in [0.5, 0.6) is 0 Å². The maximum absolute atomic E-state index is 12.8. The number of hydrogen-bond acceptors (Lipinski definition) is 6. The molecule has 1 fully saturated rings. The number of nitrogens with zero attached hydrogens (tertiary/aromatic N) is 3. The number of carbonyl (C=O) groups is 3. The minimum atomic E-state index is -5.08. The van der Waals surface area contributed by atoms with Gasteiger partial charge in [0.25, 0.3) is 0 Å². The number of allylic oxidation sites excluding steroid dienone is 1. The van der Waals surface area contributed by atoms with Crippen molar-refractivity contribution >= 4 is 35.6 Å². The summed E-state index contributed by atoms with van der Waals surface area (Å²) in [5.74, 6) is -3.83. The largest absolute Gasteiger partial charge is 0.490 e. The average Bonchev–Trinajstić information content (AvgIpc) is 2.82. The fourth-order valence-electron chi connectivity index (χ4n) is 3.04. The highest BCUT2D eigenvalue weighted by Gasteiger charge is 2.38. The number of halogens is 3. The molecule has 0 amide bonds. The molecule has 2 heterocycles. The van der Waals surface area contributed by atoms with Gasteiger partial charge in [-0.2, -0.15) is 13.2 Å². The van der Waals surface area contributed by atoms with E-state index in [0.717, 1.165) is 43.5 Å². The van der Waals surface area contributed by atoms with E-state index in [0.29, 0.717) is 11.3 Å². The third kappa shape index (κ3) is 9.05. The topological polar surface area (TPSA) is 111 Å². The third-order valence-electron chi connectivity index (χ3n) is 4.89. The molecule has 3 rings (SSSR count). The van der Waals surface area contributed by atoms with Crippen LogP contribution >= 0.6 is 0 Å². The first-order chi connectivity index (χ1) is 16.5. The number of carboxylic acids is 2. The summed E-state index contributed by atoms with van der Waals surface area (Å²) in [5, 5.41) is 15.8. The fourth-order valence-corrected chi connectivity index (χ4v) is 3.04. The van der Waals surface area contributed by atoms with Crippen molar-refractivity contribution in [1.82, 2.24) is 9.88 Å². The monoisotopic (exact) mass is 491 g/mol. The molecule has 0 saturated carbocycles. The van der Waals surface area contributed by atoms with Crippen LogP contribution in [-0.2, 0) is 9.59 Å². The molecule has 0 radical (unpaired) electrons. The summed E-state index contributed by atoms with van der Waals surface area (Å²) >= 11 is 0. The molecule has 35 heavy (non-hydrogen) atoms. The first kappa shape index (κ1) is 27.3. The highest BCUT2D eigenvalue weighted by Crippen LogP contribution is 2.23. The highest BCUT2D eigenvalue weighted by molar-refractivity contribution is 6.10. The van der Waals surface area contributed by atoms with Crippen LogP contribution in [0.2, 0.25) is 0 Å². The standard InChI is InChI=1S/C22H23N3O3.C2HF3O2/c1-24-12-14-25(15-13-24)20-5-3-2-4-19(20)21(26)10-7-17-6-8-18(23-16-17)9-11-22(27)28;3-2(4,5)1(6)7/h2-11,16H,12-15H2,1H3,(H,27,28);(H,6,7)/b10-7+,11-9+;. The van der Waals surface area contributed by atoms with Gasteiger partial charge in [-0.15, -0.1) is 0 Å². The lowest BCUT2D eigenvalue weighted by Gasteiger charge is -2.34. The lowest BCUT2D eigenvalue weighted by atomic mass is 10.1. The quantitative estimate of drug-likeness (QED) is 0.467. The number of para-hydroxylation sites is 1. The zero-order valence-corrected chi connectivity index (χ0v) is 18.8. The van der Waals surface area contributed by atoms with Gasteiger partial charge in [-0.3, -0.25) is 9.78 Å². The van der Waals surface area contributed by atoms with Crippen molar-refractivity contribution in [1.29, 1.82) is 0 Å². The van der Waals surface area contributed by atoms with Crippen LogP contribution < -0.4 is 4.90 Å². The number of alkyl halides is 3. The van der Waals surface area contributed by atoms with Crippen molar-refractivity contribution in [3.8, 4) is 0 Å². The average molecular weight is 491 g/mol. The van der Waals surface area contributed by atoms with Crippen molar-refractivity contribution in [3.63, 3.8) is 0 Å². The maximum Gasteiger partial charge on any atom is 0.490 e. The fraction of sp³-hybridized carbons (Fsp3) is 0.250. The van der Waals surface area contributed by atoms with E-state index in [9.17, 15) is 22.8 Å². The number of carbonyl (C=O) groups excluding carboxylic acids is 1. The highest BCUT2D eigenvalue weighted by atomic mass is 19.4. The number of likely N-dealkylation sites (N-methyl/N-ethyl adjacent to an activating group) is 1. The Morgan fingerprint density at radius 3 is 2.11 bits per heavy atom. The molecule has 0 spiro atoms. The maximum atomic E-state index is 12.8. The third-order valence-corrected chi connectivity index (χ3v) is 4.89. The molecule has 0 unspecified atom stereocenters. The molecular formula is C24H24F3N3O5. The van der Waals surface area contributed by atoms with Crippen LogP contribution in [0.3, 0.4) is 0 Å². The molecule has 8 nitrogen and oxygen atoms in total. The molecular weight excluding hydrogens is 467 g/mol. The Bertz CT molecular complexity index is 1090. The Morgan fingerprint density at radius 2 is 1.57 bits per heavy atom. The number of aliphatic carboxylic acids is 2. The summed E-state index contributed by atoms with van der Waals surface area (Å²) in [6.07, 6.45) is 2.26. The number of ketones is 1. The van der Waals surface area contributed by atoms with E-state index in [1.165, 1.54) is 6.08 Å². The molecule has 2 N–H and O–H groups in total. The molecule has 11 heteroatoms. The number of rotatable bonds is 6. The Labute approximate surface area is 199 Å². The van der Waals surface area contributed by atoms with Crippen LogP contribution in [0.1, 0.15) is 21.6 Å². The van der Waals surface area contributed by atoms with Gasteiger partial charge in [0.15, 0.2) is 5.78 Å². The predicted octanol–water partition coefficient (Wildman–Crippen LogP) is 3.46. The molecule has 0 atom stereocenters. The van der Waals surface area contributed by atoms with Crippen molar-refractivity contribution in [2.75, 3.05) is 38.1 Å². The van der Waals surface area contributed by atoms with Gasteiger partial charge in [0.05, 0.1) is 5.69 Å². The van der Waals surface area contributed by atoms with Crippen LogP contribution in [0.4, 0.5) is 18.9 Å². The van der Waals surface area contributed by atoms with Gasteiger partial charge in [-0.05, 0) is 49.0 Å². The van der Waals surface area contributed by atoms with Gasteiger partial charge >= 0.3 is 18.1 Å². The molecule has 1 aromatic heterocycles. The number of benzene rings is 1. The minimum Gasteiger partial charge on any atom is -0.478 e. The zero-order chi connectivity index (χ0) is 26.0. The summed E-state index contributed by atoms with van der Waals surface area (Å²) in [6.45, 7) is 3.76. The van der Waals surface area contributed by atoms with Crippen LogP contribution in [-0.4, -0.2) is 77.2 Å². The number of piperazine rings is 1.